The highest BCUT2D eigenvalue weighted by Gasteiger charge is 2.22. The van der Waals surface area contributed by atoms with Crippen molar-refractivity contribution in [2.75, 3.05) is 32.6 Å². The molecule has 1 aliphatic rings. The summed E-state index contributed by atoms with van der Waals surface area (Å²) in [6.45, 7) is 1.42. The summed E-state index contributed by atoms with van der Waals surface area (Å²) in [5.74, 6) is 1.42. The molecule has 0 saturated heterocycles. The lowest BCUT2D eigenvalue weighted by molar-refractivity contribution is -0.130. The Bertz CT molecular complexity index is 827. The maximum absolute atomic E-state index is 12.6. The Morgan fingerprint density at radius 1 is 1.08 bits per heavy atom. The number of rotatable bonds is 5. The van der Waals surface area contributed by atoms with Crippen LogP contribution in [0.4, 0.5) is 5.69 Å². The molecule has 1 N–H and O–H groups in total. The van der Waals surface area contributed by atoms with Crippen LogP contribution in [0, 0.1) is 0 Å². The van der Waals surface area contributed by atoms with E-state index in [1.165, 1.54) is 5.56 Å². The monoisotopic (exact) mass is 394 g/mol. The van der Waals surface area contributed by atoms with Crippen LogP contribution in [0.5, 0.6) is 11.5 Å². The van der Waals surface area contributed by atoms with Crippen molar-refractivity contribution in [2.24, 2.45) is 0 Å². The highest BCUT2D eigenvalue weighted by Crippen LogP contribution is 2.33. The SMILES string of the molecule is COc1cc2c(cc1OC)CN(C(=O)CNc1ccc(Cl)c(Cl)c1)CC2. The van der Waals surface area contributed by atoms with Gasteiger partial charge in [-0.15, -0.1) is 0 Å². The fourth-order valence-electron chi connectivity index (χ4n) is 2.99. The zero-order chi connectivity index (χ0) is 18.7. The average Bonchev–Trinajstić information content (AvgIpc) is 2.66. The molecule has 7 heteroatoms. The van der Waals surface area contributed by atoms with Gasteiger partial charge in [-0.25, -0.2) is 0 Å². The molecule has 0 bridgehead atoms. The first kappa shape index (κ1) is 18.7. The Labute approximate surface area is 162 Å². The fraction of sp³-hybridized carbons (Fsp3) is 0.316. The molecule has 0 unspecified atom stereocenters. The Morgan fingerprint density at radius 3 is 2.42 bits per heavy atom. The predicted octanol–water partition coefficient (Wildman–Crippen LogP) is 4.01. The molecule has 0 saturated carbocycles. The van der Waals surface area contributed by atoms with Gasteiger partial charge in [0.05, 0.1) is 30.8 Å². The van der Waals surface area contributed by atoms with E-state index < -0.39 is 0 Å². The van der Waals surface area contributed by atoms with Gasteiger partial charge in [0.15, 0.2) is 11.5 Å². The molecule has 2 aromatic rings. The number of halogens is 2. The van der Waals surface area contributed by atoms with E-state index in [9.17, 15) is 4.79 Å². The van der Waals surface area contributed by atoms with Crippen molar-refractivity contribution in [3.63, 3.8) is 0 Å². The molecule has 0 fully saturated rings. The first-order valence-corrected chi connectivity index (χ1v) is 8.98. The summed E-state index contributed by atoms with van der Waals surface area (Å²) in [7, 11) is 3.23. The van der Waals surface area contributed by atoms with Gasteiger partial charge < -0.3 is 19.7 Å². The molecule has 0 aromatic heterocycles. The van der Waals surface area contributed by atoms with Crippen LogP contribution in [0.25, 0.3) is 0 Å². The number of nitrogens with zero attached hydrogens (tertiary/aromatic N) is 1. The second kappa shape index (κ2) is 8.06. The number of ether oxygens (including phenoxy) is 2. The van der Waals surface area contributed by atoms with Crippen molar-refractivity contribution in [3.05, 3.63) is 51.5 Å². The Balaban J connectivity index is 1.66. The number of nitrogens with one attached hydrogen (secondary N) is 1. The van der Waals surface area contributed by atoms with Gasteiger partial charge in [-0.3, -0.25) is 4.79 Å². The third kappa shape index (κ3) is 4.00. The number of hydrogen-bond acceptors (Lipinski definition) is 4. The second-order valence-corrected chi connectivity index (χ2v) is 6.84. The number of amides is 1. The topological polar surface area (TPSA) is 50.8 Å². The van der Waals surface area contributed by atoms with Crippen LogP contribution >= 0.6 is 23.2 Å². The van der Waals surface area contributed by atoms with E-state index in [1.807, 2.05) is 17.0 Å². The number of carbonyl (C=O) groups is 1. The molecule has 3 rings (SSSR count). The smallest absolute Gasteiger partial charge is 0.242 e. The second-order valence-electron chi connectivity index (χ2n) is 6.02. The van der Waals surface area contributed by atoms with Crippen LogP contribution < -0.4 is 14.8 Å². The van der Waals surface area contributed by atoms with Crippen molar-refractivity contribution < 1.29 is 14.3 Å². The van der Waals surface area contributed by atoms with Gasteiger partial charge >= 0.3 is 0 Å². The third-order valence-corrected chi connectivity index (χ3v) is 5.17. The van der Waals surface area contributed by atoms with Crippen molar-refractivity contribution in [1.82, 2.24) is 4.90 Å². The maximum atomic E-state index is 12.6. The standard InChI is InChI=1S/C19H20Cl2N2O3/c1-25-17-7-12-5-6-23(11-13(12)8-18(17)26-2)19(24)10-22-14-3-4-15(20)16(21)9-14/h3-4,7-9,22H,5-6,10-11H2,1-2H3. The molecule has 138 valence electrons. The molecule has 1 heterocycles. The van der Waals surface area contributed by atoms with E-state index >= 15 is 0 Å². The lowest BCUT2D eigenvalue weighted by atomic mass is 9.98. The summed E-state index contributed by atoms with van der Waals surface area (Å²) in [6, 6.07) is 9.14. The minimum absolute atomic E-state index is 0.0245. The molecule has 0 radical (unpaired) electrons. The van der Waals surface area contributed by atoms with E-state index in [-0.39, 0.29) is 12.5 Å². The van der Waals surface area contributed by atoms with Crippen molar-refractivity contribution in [1.29, 1.82) is 0 Å². The largest absolute Gasteiger partial charge is 0.493 e. The molecule has 1 amide bonds. The summed E-state index contributed by atoms with van der Waals surface area (Å²) < 4.78 is 10.7. The van der Waals surface area contributed by atoms with Gasteiger partial charge in [0.25, 0.3) is 0 Å². The van der Waals surface area contributed by atoms with Crippen LogP contribution in [0.15, 0.2) is 30.3 Å². The zero-order valence-corrected chi connectivity index (χ0v) is 16.2. The average molecular weight is 395 g/mol. The molecule has 0 aliphatic carbocycles. The number of methoxy groups -OCH3 is 2. The predicted molar refractivity (Wildman–Crippen MR) is 104 cm³/mol. The normalized spacial score (nSPS) is 13.2. The van der Waals surface area contributed by atoms with Crippen molar-refractivity contribution >= 4 is 34.8 Å². The fourth-order valence-corrected chi connectivity index (χ4v) is 3.29. The Hall–Kier alpha value is -2.11. The summed E-state index contributed by atoms with van der Waals surface area (Å²) in [5, 5.41) is 4.04. The van der Waals surface area contributed by atoms with Gasteiger partial charge in [-0.1, -0.05) is 23.2 Å². The lowest BCUT2D eigenvalue weighted by Gasteiger charge is -2.30. The summed E-state index contributed by atoms with van der Waals surface area (Å²) in [6.07, 6.45) is 0.786. The maximum Gasteiger partial charge on any atom is 0.242 e. The first-order valence-electron chi connectivity index (χ1n) is 8.22. The van der Waals surface area contributed by atoms with Crippen LogP contribution in [0.2, 0.25) is 10.0 Å². The third-order valence-electron chi connectivity index (χ3n) is 4.43. The molecule has 2 aromatic carbocycles. The summed E-state index contributed by atoms with van der Waals surface area (Å²) in [5.41, 5.74) is 3.03. The molecular weight excluding hydrogens is 375 g/mol. The van der Waals surface area contributed by atoms with Crippen LogP contribution in [0.1, 0.15) is 11.1 Å². The van der Waals surface area contributed by atoms with E-state index in [1.54, 1.807) is 32.4 Å². The molecule has 5 nitrogen and oxygen atoms in total. The van der Waals surface area contributed by atoms with Crippen LogP contribution in [-0.4, -0.2) is 38.1 Å². The van der Waals surface area contributed by atoms with Crippen LogP contribution in [0.3, 0.4) is 0 Å². The Kier molecular flexibility index (Phi) is 5.79. The Morgan fingerprint density at radius 2 is 1.77 bits per heavy atom. The van der Waals surface area contributed by atoms with Gasteiger partial charge in [-0.2, -0.15) is 0 Å². The summed E-state index contributed by atoms with van der Waals surface area (Å²) >= 11 is 11.9. The zero-order valence-electron chi connectivity index (χ0n) is 14.6. The lowest BCUT2D eigenvalue weighted by Crippen LogP contribution is -2.39. The van der Waals surface area contributed by atoms with E-state index in [2.05, 4.69) is 5.32 Å². The summed E-state index contributed by atoms with van der Waals surface area (Å²) in [4.78, 5) is 14.4. The van der Waals surface area contributed by atoms with Crippen LogP contribution in [-0.2, 0) is 17.8 Å². The van der Waals surface area contributed by atoms with E-state index in [0.29, 0.717) is 34.6 Å². The highest BCUT2D eigenvalue weighted by molar-refractivity contribution is 6.42. The number of benzene rings is 2. The number of fused-ring (bicyclic) bond motifs is 1. The quantitative estimate of drug-likeness (QED) is 0.832. The number of hydrogen-bond donors (Lipinski definition) is 1. The highest BCUT2D eigenvalue weighted by atomic mass is 35.5. The van der Waals surface area contributed by atoms with Crippen molar-refractivity contribution in [3.8, 4) is 11.5 Å². The van der Waals surface area contributed by atoms with Gasteiger partial charge in [0, 0.05) is 18.8 Å². The van der Waals surface area contributed by atoms with E-state index in [0.717, 1.165) is 17.7 Å². The minimum Gasteiger partial charge on any atom is -0.493 e. The number of carbonyl (C=O) groups excluding carboxylic acids is 1. The first-order chi connectivity index (χ1) is 12.5. The van der Waals surface area contributed by atoms with Gasteiger partial charge in [0.2, 0.25) is 5.91 Å². The molecule has 1 aliphatic heterocycles. The molecule has 26 heavy (non-hydrogen) atoms. The van der Waals surface area contributed by atoms with Gasteiger partial charge in [0.1, 0.15) is 0 Å². The minimum atomic E-state index is 0.0245. The van der Waals surface area contributed by atoms with Gasteiger partial charge in [-0.05, 0) is 47.9 Å². The number of anilines is 1. The molecule has 0 spiro atoms. The van der Waals surface area contributed by atoms with Crippen molar-refractivity contribution in [2.45, 2.75) is 13.0 Å². The molecular formula is C19H20Cl2N2O3. The molecule has 0 atom stereocenters. The van der Waals surface area contributed by atoms with E-state index in [4.69, 9.17) is 32.7 Å².